The Labute approximate surface area is 118 Å². The van der Waals surface area contributed by atoms with Gasteiger partial charge in [-0.2, -0.15) is 0 Å². The van der Waals surface area contributed by atoms with Crippen molar-refractivity contribution in [2.45, 2.75) is 0 Å². The van der Waals surface area contributed by atoms with Crippen LogP contribution in [-0.2, 0) is 25.6 Å². The molecule has 5 nitrogen and oxygen atoms in total. The molecule has 0 saturated carbocycles. The molecule has 101 valence electrons. The van der Waals surface area contributed by atoms with Crippen LogP contribution in [-0.4, -0.2) is 14.2 Å². The number of allylic oxidation sites excluding steroid dienone is 2. The molecule has 0 spiro atoms. The second kappa shape index (κ2) is 6.52. The van der Waals surface area contributed by atoms with E-state index in [1.807, 2.05) is 30.3 Å². The van der Waals surface area contributed by atoms with Crippen molar-refractivity contribution in [3.05, 3.63) is 54.3 Å². The summed E-state index contributed by atoms with van der Waals surface area (Å²) >= 11 is 5.00. The Morgan fingerprint density at radius 3 is 2.53 bits per heavy atom. The smallest absolute Gasteiger partial charge is 0.262 e. The second-order valence-corrected chi connectivity index (χ2v) is 5.41. The van der Waals surface area contributed by atoms with E-state index >= 15 is 0 Å². The lowest BCUT2D eigenvalue weighted by Crippen LogP contribution is -2.39. The fourth-order valence-electron chi connectivity index (χ4n) is 1.52. The number of nitrogens with one attached hydrogen (secondary N) is 1. The number of hydrazine groups is 1. The van der Waals surface area contributed by atoms with Crippen LogP contribution in [0.4, 0.5) is 5.69 Å². The molecule has 1 aliphatic rings. The molecule has 0 bridgehead atoms. The van der Waals surface area contributed by atoms with Crippen molar-refractivity contribution >= 4 is 24.6 Å². The molecular formula is C12H14N2O3PS. The van der Waals surface area contributed by atoms with Crippen LogP contribution < -0.4 is 10.4 Å². The molecule has 1 heterocycles. The van der Waals surface area contributed by atoms with Gasteiger partial charge in [0.15, 0.2) is 0 Å². The second-order valence-electron chi connectivity index (χ2n) is 3.52. The van der Waals surface area contributed by atoms with E-state index in [-0.39, 0.29) is 0 Å². The molecule has 0 aromatic heterocycles. The summed E-state index contributed by atoms with van der Waals surface area (Å²) in [6.45, 7) is 0. The zero-order valence-corrected chi connectivity index (χ0v) is 12.3. The van der Waals surface area contributed by atoms with Crippen molar-refractivity contribution in [3.63, 3.8) is 0 Å². The van der Waals surface area contributed by atoms with Gasteiger partial charge in [-0.25, -0.2) is 5.01 Å². The Bertz CT molecular complexity index is 519. The van der Waals surface area contributed by atoms with Crippen molar-refractivity contribution in [2.24, 2.45) is 0 Å². The van der Waals surface area contributed by atoms with Crippen molar-refractivity contribution < 1.29 is 13.8 Å². The van der Waals surface area contributed by atoms with Gasteiger partial charge in [-0.15, -0.1) is 0 Å². The lowest BCUT2D eigenvalue weighted by atomic mass is 10.3. The Hall–Kier alpha value is -1.62. The molecule has 1 atom stereocenters. The number of nitrogens with zero attached hydrogens (tertiary/aromatic N) is 1. The van der Waals surface area contributed by atoms with Gasteiger partial charge < -0.3 is 9.26 Å². The maximum absolute atomic E-state index is 5.45. The van der Waals surface area contributed by atoms with Gasteiger partial charge in [-0.05, 0) is 12.1 Å². The number of anilines is 1. The molecule has 0 fully saturated rings. The molecule has 1 aliphatic heterocycles. The molecular weight excluding hydrogens is 283 g/mol. The van der Waals surface area contributed by atoms with Gasteiger partial charge >= 0.3 is 0 Å². The normalized spacial score (nSPS) is 15.1. The lowest BCUT2D eigenvalue weighted by molar-refractivity contribution is 0.258. The topological polar surface area (TPSA) is 43.0 Å². The van der Waals surface area contributed by atoms with E-state index in [2.05, 4.69) is 5.43 Å². The predicted octanol–water partition coefficient (Wildman–Crippen LogP) is 2.78. The van der Waals surface area contributed by atoms with Gasteiger partial charge in [0.25, 0.3) is 7.15 Å². The average Bonchev–Trinajstić information content (AvgIpc) is 2.48. The predicted molar refractivity (Wildman–Crippen MR) is 77.6 cm³/mol. The Balaban J connectivity index is 2.19. The van der Waals surface area contributed by atoms with Crippen molar-refractivity contribution in [3.8, 4) is 0 Å². The number of benzene rings is 1. The molecule has 1 radical (unpaired) electrons. The zero-order valence-electron chi connectivity index (χ0n) is 10.6. The minimum atomic E-state index is -1.35. The summed E-state index contributed by atoms with van der Waals surface area (Å²) in [7, 11) is 1.78. The first kappa shape index (κ1) is 13.8. The highest BCUT2D eigenvalue weighted by Crippen LogP contribution is 2.28. The van der Waals surface area contributed by atoms with Crippen LogP contribution in [0, 0.1) is 0 Å². The van der Waals surface area contributed by atoms with Crippen LogP contribution >= 0.6 is 7.15 Å². The van der Waals surface area contributed by atoms with Crippen molar-refractivity contribution in [2.75, 3.05) is 19.2 Å². The molecule has 1 unspecified atom stereocenters. The van der Waals surface area contributed by atoms with Gasteiger partial charge in [0.05, 0.1) is 12.8 Å². The molecule has 0 aliphatic carbocycles. The number of ether oxygens (including phenoxy) is 1. The molecule has 19 heavy (non-hydrogen) atoms. The fraction of sp³-hybridized carbons (Fsp3) is 0.167. The van der Waals surface area contributed by atoms with E-state index in [0.29, 0.717) is 11.8 Å². The molecule has 1 N–H and O–H groups in total. The van der Waals surface area contributed by atoms with Crippen LogP contribution in [0.15, 0.2) is 54.3 Å². The molecule has 1 aromatic rings. The summed E-state index contributed by atoms with van der Waals surface area (Å²) in [6, 6.07) is 9.74. The van der Waals surface area contributed by atoms with Gasteiger partial charge in [-0.3, -0.25) is 9.95 Å². The van der Waals surface area contributed by atoms with Gasteiger partial charge in [0.2, 0.25) is 11.8 Å². The SMILES string of the molecule is COC1=CC=C(O[P](=S)OC)NN1c1ccccc1. The first-order valence-electron chi connectivity index (χ1n) is 5.51. The summed E-state index contributed by atoms with van der Waals surface area (Å²) in [5.41, 5.74) is 4.01. The number of methoxy groups -OCH3 is 1. The first-order valence-corrected chi connectivity index (χ1v) is 7.71. The van der Waals surface area contributed by atoms with E-state index in [1.165, 1.54) is 7.11 Å². The molecule has 0 amide bonds. The van der Waals surface area contributed by atoms with Crippen LogP contribution in [0.25, 0.3) is 0 Å². The third-order valence-corrected chi connectivity index (χ3v) is 3.68. The summed E-state index contributed by atoms with van der Waals surface area (Å²) < 4.78 is 15.7. The lowest BCUT2D eigenvalue weighted by Gasteiger charge is -2.30. The molecule has 1 aromatic carbocycles. The third kappa shape index (κ3) is 3.44. The zero-order chi connectivity index (χ0) is 13.7. The maximum Gasteiger partial charge on any atom is 0.262 e. The minimum Gasteiger partial charge on any atom is -0.481 e. The van der Waals surface area contributed by atoms with Crippen LogP contribution in [0.5, 0.6) is 0 Å². The van der Waals surface area contributed by atoms with E-state index in [4.69, 9.17) is 25.6 Å². The van der Waals surface area contributed by atoms with Crippen LogP contribution in [0.1, 0.15) is 0 Å². The Morgan fingerprint density at radius 2 is 1.89 bits per heavy atom. The quantitative estimate of drug-likeness (QED) is 0.843. The van der Waals surface area contributed by atoms with Gasteiger partial charge in [-0.1, -0.05) is 18.2 Å². The highest BCUT2D eigenvalue weighted by Gasteiger charge is 2.18. The number of hydrogen-bond donors (Lipinski definition) is 1. The summed E-state index contributed by atoms with van der Waals surface area (Å²) in [4.78, 5) is 0. The summed E-state index contributed by atoms with van der Waals surface area (Å²) in [6.07, 6.45) is 3.55. The van der Waals surface area contributed by atoms with E-state index in [1.54, 1.807) is 24.3 Å². The van der Waals surface area contributed by atoms with E-state index in [9.17, 15) is 0 Å². The number of hydrogen-bond acceptors (Lipinski definition) is 6. The fourth-order valence-corrected chi connectivity index (χ4v) is 2.10. The maximum atomic E-state index is 5.45. The molecule has 2 rings (SSSR count). The van der Waals surface area contributed by atoms with Crippen LogP contribution in [0.3, 0.4) is 0 Å². The number of para-hydroxylation sites is 1. The minimum absolute atomic E-state index is 0.521. The Kier molecular flexibility index (Phi) is 4.74. The standard InChI is InChI=1S/C12H14N2O3PS/c1-15-12-9-8-11(17-18(19)16-2)13-14(12)10-6-4-3-5-7-10/h3-9,13H,1-2H3. The average molecular weight is 297 g/mol. The summed E-state index contributed by atoms with van der Waals surface area (Å²) in [5, 5.41) is 1.77. The number of rotatable bonds is 5. The first-order chi connectivity index (χ1) is 9.24. The van der Waals surface area contributed by atoms with E-state index in [0.717, 1.165) is 5.69 Å². The van der Waals surface area contributed by atoms with Gasteiger partial charge in [0, 0.05) is 31.1 Å². The van der Waals surface area contributed by atoms with Crippen molar-refractivity contribution in [1.29, 1.82) is 0 Å². The highest BCUT2D eigenvalue weighted by molar-refractivity contribution is 8.00. The summed E-state index contributed by atoms with van der Waals surface area (Å²) in [5.74, 6) is 1.18. The van der Waals surface area contributed by atoms with Crippen molar-refractivity contribution in [1.82, 2.24) is 5.43 Å². The monoisotopic (exact) mass is 297 g/mol. The molecule has 7 heteroatoms. The largest absolute Gasteiger partial charge is 0.481 e. The van der Waals surface area contributed by atoms with E-state index < -0.39 is 7.15 Å². The molecule has 0 saturated heterocycles. The Morgan fingerprint density at radius 1 is 1.16 bits per heavy atom. The third-order valence-electron chi connectivity index (χ3n) is 2.37. The highest BCUT2D eigenvalue weighted by atomic mass is 32.4. The van der Waals surface area contributed by atoms with Gasteiger partial charge in [0.1, 0.15) is 0 Å². The van der Waals surface area contributed by atoms with Crippen LogP contribution in [0.2, 0.25) is 0 Å².